The summed E-state index contributed by atoms with van der Waals surface area (Å²) in [6.07, 6.45) is 2.62. The molecule has 3 N–H and O–H groups in total. The number of H-pyrrole nitrogens is 1. The van der Waals surface area contributed by atoms with E-state index in [-0.39, 0.29) is 24.0 Å². The Balaban J connectivity index is 0.00000300. The van der Waals surface area contributed by atoms with Gasteiger partial charge < -0.3 is 20.4 Å². The molecule has 8 heteroatoms. The minimum absolute atomic E-state index is 0. The third-order valence-electron chi connectivity index (χ3n) is 4.31. The molecule has 0 spiro atoms. The first-order valence-electron chi connectivity index (χ1n) is 9.06. The van der Waals surface area contributed by atoms with Crippen LogP contribution in [-0.4, -0.2) is 36.6 Å². The first kappa shape index (κ1) is 23.0. The van der Waals surface area contributed by atoms with E-state index in [1.807, 2.05) is 42.6 Å². The lowest BCUT2D eigenvalue weighted by molar-refractivity contribution is 0.414. The topological polar surface area (TPSA) is 74.3 Å². The number of aromatic amines is 1. The molecule has 154 valence electrons. The van der Waals surface area contributed by atoms with Gasteiger partial charge in [0.05, 0.1) is 25.5 Å². The molecule has 0 aliphatic heterocycles. The van der Waals surface area contributed by atoms with Gasteiger partial charge in [0.1, 0.15) is 11.6 Å². The van der Waals surface area contributed by atoms with Crippen molar-refractivity contribution in [3.8, 4) is 17.0 Å². The molecule has 0 fully saturated rings. The maximum Gasteiger partial charge on any atom is 0.191 e. The number of guanidine groups is 1. The monoisotopic (exact) mass is 525 g/mol. The number of halogens is 2. The highest BCUT2D eigenvalue weighted by Crippen LogP contribution is 2.22. The highest BCUT2D eigenvalue weighted by Gasteiger charge is 2.06. The van der Waals surface area contributed by atoms with E-state index in [9.17, 15) is 0 Å². The summed E-state index contributed by atoms with van der Waals surface area (Å²) in [5.41, 5.74) is 3.17. The van der Waals surface area contributed by atoms with Gasteiger partial charge in [-0.1, -0.05) is 48.0 Å². The zero-order chi connectivity index (χ0) is 19.8. The van der Waals surface area contributed by atoms with Crippen molar-refractivity contribution < 1.29 is 4.74 Å². The van der Waals surface area contributed by atoms with Crippen molar-refractivity contribution >= 4 is 41.5 Å². The molecule has 6 nitrogen and oxygen atoms in total. The van der Waals surface area contributed by atoms with E-state index >= 15 is 0 Å². The third-order valence-corrected chi connectivity index (χ3v) is 4.66. The van der Waals surface area contributed by atoms with E-state index in [2.05, 4.69) is 37.7 Å². The van der Waals surface area contributed by atoms with Crippen LogP contribution in [0.25, 0.3) is 11.3 Å². The van der Waals surface area contributed by atoms with E-state index in [1.165, 1.54) is 0 Å². The SMILES string of the molecule is CN=C(NCCc1ccc(OC)cc1Cl)NCc1ncc(-c2ccccc2)[nH]1.I. The van der Waals surface area contributed by atoms with Crippen LogP contribution in [0, 0.1) is 0 Å². The van der Waals surface area contributed by atoms with Crippen LogP contribution in [0.4, 0.5) is 0 Å². The molecule has 0 saturated heterocycles. The number of imidazole rings is 1. The Morgan fingerprint density at radius 2 is 1.97 bits per heavy atom. The zero-order valence-electron chi connectivity index (χ0n) is 16.4. The summed E-state index contributed by atoms with van der Waals surface area (Å²) < 4.78 is 5.18. The average Bonchev–Trinajstić information content (AvgIpc) is 3.21. The van der Waals surface area contributed by atoms with Gasteiger partial charge in [-0.05, 0) is 29.7 Å². The summed E-state index contributed by atoms with van der Waals surface area (Å²) in [7, 11) is 3.37. The minimum Gasteiger partial charge on any atom is -0.497 e. The van der Waals surface area contributed by atoms with Crippen molar-refractivity contribution in [1.29, 1.82) is 0 Å². The highest BCUT2D eigenvalue weighted by molar-refractivity contribution is 14.0. The lowest BCUT2D eigenvalue weighted by Crippen LogP contribution is -2.38. The molecule has 0 radical (unpaired) electrons. The summed E-state index contributed by atoms with van der Waals surface area (Å²) >= 11 is 6.29. The van der Waals surface area contributed by atoms with Crippen LogP contribution in [-0.2, 0) is 13.0 Å². The molecule has 29 heavy (non-hydrogen) atoms. The summed E-state index contributed by atoms with van der Waals surface area (Å²) in [4.78, 5) is 12.0. The summed E-state index contributed by atoms with van der Waals surface area (Å²) in [6.45, 7) is 1.26. The highest BCUT2D eigenvalue weighted by atomic mass is 127. The van der Waals surface area contributed by atoms with Crippen molar-refractivity contribution in [3.63, 3.8) is 0 Å². The van der Waals surface area contributed by atoms with Crippen molar-refractivity contribution in [3.05, 3.63) is 71.1 Å². The summed E-state index contributed by atoms with van der Waals surface area (Å²) in [6, 6.07) is 15.8. The maximum absolute atomic E-state index is 6.29. The van der Waals surface area contributed by atoms with Crippen LogP contribution in [0.2, 0.25) is 5.02 Å². The molecular formula is C21H25ClIN5O. The molecule has 1 heterocycles. The number of ether oxygens (including phenoxy) is 1. The van der Waals surface area contributed by atoms with E-state index < -0.39 is 0 Å². The molecule has 3 aromatic rings. The van der Waals surface area contributed by atoms with Crippen LogP contribution in [0.3, 0.4) is 0 Å². The molecule has 0 atom stereocenters. The van der Waals surface area contributed by atoms with E-state index in [1.54, 1.807) is 14.2 Å². The van der Waals surface area contributed by atoms with Gasteiger partial charge in [0.2, 0.25) is 0 Å². The standard InChI is InChI=1S/C21H24ClN5O.HI/c1-23-21(24-11-10-15-8-9-17(28-2)12-18(15)22)26-14-20-25-13-19(27-20)16-6-4-3-5-7-16;/h3-9,12-13H,10-11,14H2,1-2H3,(H,25,27)(H2,23,24,26);1H. The fraction of sp³-hybridized carbons (Fsp3) is 0.238. The quantitative estimate of drug-likeness (QED) is 0.245. The van der Waals surface area contributed by atoms with Gasteiger partial charge in [-0.2, -0.15) is 0 Å². The molecule has 0 aliphatic carbocycles. The molecule has 1 aromatic heterocycles. The van der Waals surface area contributed by atoms with Gasteiger partial charge in [-0.15, -0.1) is 24.0 Å². The number of nitrogens with zero attached hydrogens (tertiary/aromatic N) is 2. The fourth-order valence-electron chi connectivity index (χ4n) is 2.78. The van der Waals surface area contributed by atoms with Crippen molar-refractivity contribution in [2.24, 2.45) is 4.99 Å². The Morgan fingerprint density at radius 3 is 2.66 bits per heavy atom. The first-order chi connectivity index (χ1) is 13.7. The average molecular weight is 526 g/mol. The van der Waals surface area contributed by atoms with E-state index in [4.69, 9.17) is 16.3 Å². The molecule has 0 unspecified atom stereocenters. The Hall–Kier alpha value is -2.26. The number of methoxy groups -OCH3 is 1. The van der Waals surface area contributed by atoms with Gasteiger partial charge in [0.15, 0.2) is 5.96 Å². The lowest BCUT2D eigenvalue weighted by Gasteiger charge is -2.12. The molecular weight excluding hydrogens is 501 g/mol. The second-order valence-electron chi connectivity index (χ2n) is 6.17. The number of hydrogen-bond acceptors (Lipinski definition) is 3. The van der Waals surface area contributed by atoms with E-state index in [0.717, 1.165) is 34.8 Å². The summed E-state index contributed by atoms with van der Waals surface area (Å²) in [5.74, 6) is 2.31. The minimum atomic E-state index is 0. The number of aliphatic imine (C=N–C) groups is 1. The predicted molar refractivity (Wildman–Crippen MR) is 129 cm³/mol. The number of nitrogens with one attached hydrogen (secondary N) is 3. The lowest BCUT2D eigenvalue weighted by atomic mass is 10.1. The Labute approximate surface area is 193 Å². The van der Waals surface area contributed by atoms with E-state index in [0.29, 0.717) is 24.1 Å². The largest absolute Gasteiger partial charge is 0.497 e. The van der Waals surface area contributed by atoms with Gasteiger partial charge in [-0.3, -0.25) is 4.99 Å². The number of rotatable bonds is 7. The second kappa shape index (κ2) is 11.7. The van der Waals surface area contributed by atoms with Crippen molar-refractivity contribution in [2.75, 3.05) is 20.7 Å². The first-order valence-corrected chi connectivity index (χ1v) is 9.43. The molecule has 3 rings (SSSR count). The normalized spacial score (nSPS) is 10.9. The van der Waals surface area contributed by atoms with Crippen molar-refractivity contribution in [2.45, 2.75) is 13.0 Å². The van der Waals surface area contributed by atoms with Gasteiger partial charge in [0, 0.05) is 18.6 Å². The Morgan fingerprint density at radius 1 is 1.17 bits per heavy atom. The van der Waals surface area contributed by atoms with Gasteiger partial charge >= 0.3 is 0 Å². The second-order valence-corrected chi connectivity index (χ2v) is 6.58. The Bertz CT molecular complexity index is 930. The molecule has 0 amide bonds. The summed E-state index contributed by atoms with van der Waals surface area (Å²) in [5, 5.41) is 7.25. The molecule has 0 saturated carbocycles. The van der Waals surface area contributed by atoms with Crippen LogP contribution < -0.4 is 15.4 Å². The number of benzene rings is 2. The molecule has 0 bridgehead atoms. The van der Waals surface area contributed by atoms with Gasteiger partial charge in [0.25, 0.3) is 0 Å². The number of aromatic nitrogens is 2. The third kappa shape index (κ3) is 6.64. The van der Waals surface area contributed by atoms with Crippen LogP contribution in [0.1, 0.15) is 11.4 Å². The van der Waals surface area contributed by atoms with Gasteiger partial charge in [-0.25, -0.2) is 4.98 Å². The smallest absolute Gasteiger partial charge is 0.191 e. The van der Waals surface area contributed by atoms with Crippen LogP contribution in [0.15, 0.2) is 59.7 Å². The predicted octanol–water partition coefficient (Wildman–Crippen LogP) is 4.26. The van der Waals surface area contributed by atoms with Crippen LogP contribution in [0.5, 0.6) is 5.75 Å². The maximum atomic E-state index is 6.29. The van der Waals surface area contributed by atoms with Crippen LogP contribution >= 0.6 is 35.6 Å². The fourth-order valence-corrected chi connectivity index (χ4v) is 3.04. The number of hydrogen-bond donors (Lipinski definition) is 3. The molecule has 2 aromatic carbocycles. The Kier molecular flexibility index (Phi) is 9.27. The zero-order valence-corrected chi connectivity index (χ0v) is 19.5. The molecule has 0 aliphatic rings. The van der Waals surface area contributed by atoms with Crippen molar-refractivity contribution in [1.82, 2.24) is 20.6 Å².